The summed E-state index contributed by atoms with van der Waals surface area (Å²) in [6.45, 7) is 5.99. The average molecular weight is 362 g/mol. The summed E-state index contributed by atoms with van der Waals surface area (Å²) in [6.07, 6.45) is 5.08. The first-order chi connectivity index (χ1) is 12.7. The van der Waals surface area contributed by atoms with Crippen molar-refractivity contribution in [2.24, 2.45) is 0 Å². The quantitative estimate of drug-likeness (QED) is 0.637. The minimum atomic E-state index is -0.737. The lowest BCUT2D eigenvalue weighted by Crippen LogP contribution is -2.45. The van der Waals surface area contributed by atoms with Crippen LogP contribution in [0.15, 0.2) is 18.3 Å². The second kappa shape index (κ2) is 12.1. The number of amides is 2. The monoisotopic (exact) mass is 362 g/mol. The molecule has 7 nitrogen and oxygen atoms in total. The van der Waals surface area contributed by atoms with Crippen molar-refractivity contribution >= 4 is 18.1 Å². The molecule has 0 aliphatic carbocycles. The molecule has 3 N–H and O–H groups in total. The van der Waals surface area contributed by atoms with Gasteiger partial charge in [-0.05, 0) is 49.9 Å². The molecule has 1 unspecified atom stereocenters. The number of rotatable bonds is 7. The summed E-state index contributed by atoms with van der Waals surface area (Å²) in [6, 6.07) is 2.88. The second-order valence-electron chi connectivity index (χ2n) is 5.89. The Morgan fingerprint density at radius 3 is 2.54 bits per heavy atom. The number of carbonyl (C=O) groups excluding carboxylic acids is 3. The summed E-state index contributed by atoms with van der Waals surface area (Å²) in [5.41, 5.74) is 1.41. The maximum Gasteiger partial charge on any atom is 0.270 e. The van der Waals surface area contributed by atoms with E-state index >= 15 is 0 Å². The van der Waals surface area contributed by atoms with Crippen LogP contribution in [0.5, 0.6) is 0 Å². The number of nitrogens with one attached hydrogen (secondary N) is 3. The number of hydrogen-bond donors (Lipinski definition) is 3. The van der Waals surface area contributed by atoms with Crippen molar-refractivity contribution in [3.63, 3.8) is 0 Å². The van der Waals surface area contributed by atoms with Crippen LogP contribution in [0.25, 0.3) is 0 Å². The maximum atomic E-state index is 12.3. The van der Waals surface area contributed by atoms with Crippen LogP contribution in [0.2, 0.25) is 0 Å². The smallest absolute Gasteiger partial charge is 0.270 e. The highest BCUT2D eigenvalue weighted by atomic mass is 16.2. The molecule has 0 spiro atoms. The van der Waals surface area contributed by atoms with Crippen LogP contribution < -0.4 is 16.0 Å². The molecule has 1 atom stereocenters. The number of nitrogens with zero attached hydrogens (tertiary/aromatic N) is 1. The van der Waals surface area contributed by atoms with Gasteiger partial charge in [0.25, 0.3) is 5.91 Å². The van der Waals surface area contributed by atoms with Crippen molar-refractivity contribution < 1.29 is 14.4 Å². The first-order valence-corrected chi connectivity index (χ1v) is 9.28. The van der Waals surface area contributed by atoms with Crippen molar-refractivity contribution in [2.45, 2.75) is 51.5 Å². The summed E-state index contributed by atoms with van der Waals surface area (Å²) in [5, 5.41) is 8.44. The fourth-order valence-electron chi connectivity index (χ4n) is 2.85. The van der Waals surface area contributed by atoms with E-state index in [1.54, 1.807) is 12.3 Å². The SMILES string of the molecule is CC.CNC(=O)C(CCC=O)NC(=O)c1ccc(C2CCNCC2)cn1. The lowest BCUT2D eigenvalue weighted by Gasteiger charge is -2.22. The number of hydrogen-bond acceptors (Lipinski definition) is 5. The third kappa shape index (κ3) is 6.55. The van der Waals surface area contributed by atoms with E-state index in [4.69, 9.17) is 0 Å². The Hall–Kier alpha value is -2.28. The molecule has 1 saturated heterocycles. The zero-order valence-corrected chi connectivity index (χ0v) is 15.9. The molecule has 0 aromatic carbocycles. The number of pyridine rings is 1. The third-order valence-corrected chi connectivity index (χ3v) is 4.27. The van der Waals surface area contributed by atoms with Gasteiger partial charge in [0.05, 0.1) is 0 Å². The maximum absolute atomic E-state index is 12.3. The van der Waals surface area contributed by atoms with Crippen LogP contribution in [0, 0.1) is 0 Å². The zero-order chi connectivity index (χ0) is 19.4. The number of carbonyl (C=O) groups is 3. The Morgan fingerprint density at radius 2 is 2.00 bits per heavy atom. The normalized spacial score (nSPS) is 15.2. The van der Waals surface area contributed by atoms with Gasteiger partial charge in [-0.2, -0.15) is 0 Å². The van der Waals surface area contributed by atoms with E-state index in [2.05, 4.69) is 20.9 Å². The van der Waals surface area contributed by atoms with Crippen molar-refractivity contribution in [3.8, 4) is 0 Å². The minimum absolute atomic E-state index is 0.209. The predicted octanol–water partition coefficient (Wildman–Crippen LogP) is 1.40. The van der Waals surface area contributed by atoms with Gasteiger partial charge in [-0.1, -0.05) is 19.9 Å². The Kier molecular flexibility index (Phi) is 10.2. The number of aromatic nitrogens is 1. The first-order valence-electron chi connectivity index (χ1n) is 9.28. The molecular formula is C19H30N4O3. The number of piperidine rings is 1. The van der Waals surface area contributed by atoms with Gasteiger partial charge in [-0.25, -0.2) is 0 Å². The van der Waals surface area contributed by atoms with Crippen LogP contribution in [0.1, 0.15) is 61.5 Å². The predicted molar refractivity (Wildman–Crippen MR) is 101 cm³/mol. The van der Waals surface area contributed by atoms with Gasteiger partial charge >= 0.3 is 0 Å². The molecule has 144 valence electrons. The summed E-state index contributed by atoms with van der Waals surface area (Å²) in [4.78, 5) is 38.8. The Bertz CT molecular complexity index is 569. The van der Waals surface area contributed by atoms with Crippen molar-refractivity contribution in [3.05, 3.63) is 29.6 Å². The number of likely N-dealkylation sites (N-methyl/N-ethyl adjacent to an activating group) is 1. The van der Waals surface area contributed by atoms with E-state index in [1.165, 1.54) is 7.05 Å². The second-order valence-corrected chi connectivity index (χ2v) is 5.89. The van der Waals surface area contributed by atoms with E-state index < -0.39 is 11.9 Å². The molecule has 2 amide bonds. The lowest BCUT2D eigenvalue weighted by atomic mass is 9.91. The summed E-state index contributed by atoms with van der Waals surface area (Å²) < 4.78 is 0. The summed E-state index contributed by atoms with van der Waals surface area (Å²) >= 11 is 0. The van der Waals surface area contributed by atoms with Crippen LogP contribution in [0.3, 0.4) is 0 Å². The van der Waals surface area contributed by atoms with Gasteiger partial charge in [0.1, 0.15) is 18.0 Å². The van der Waals surface area contributed by atoms with Gasteiger partial charge < -0.3 is 20.7 Å². The summed E-state index contributed by atoms with van der Waals surface area (Å²) in [5.74, 6) is -0.259. The molecule has 2 heterocycles. The third-order valence-electron chi connectivity index (χ3n) is 4.27. The molecule has 1 aromatic rings. The fourth-order valence-corrected chi connectivity index (χ4v) is 2.85. The van der Waals surface area contributed by atoms with Crippen LogP contribution >= 0.6 is 0 Å². The van der Waals surface area contributed by atoms with Gasteiger partial charge in [0.15, 0.2) is 0 Å². The van der Waals surface area contributed by atoms with E-state index in [0.717, 1.165) is 37.8 Å². The largest absolute Gasteiger partial charge is 0.357 e. The van der Waals surface area contributed by atoms with Gasteiger partial charge in [0.2, 0.25) is 5.91 Å². The van der Waals surface area contributed by atoms with Crippen LogP contribution in [-0.2, 0) is 9.59 Å². The molecule has 0 saturated carbocycles. The van der Waals surface area contributed by atoms with Gasteiger partial charge in [0, 0.05) is 19.7 Å². The Balaban J connectivity index is 0.00000163. The Morgan fingerprint density at radius 1 is 1.31 bits per heavy atom. The van der Waals surface area contributed by atoms with E-state index in [1.807, 2.05) is 19.9 Å². The minimum Gasteiger partial charge on any atom is -0.357 e. The van der Waals surface area contributed by atoms with E-state index in [-0.39, 0.29) is 24.4 Å². The standard InChI is InChI=1S/C17H24N4O3.C2H6/c1-18-16(23)15(3-2-10-22)21-17(24)14-5-4-13(11-20-14)12-6-8-19-9-7-12;1-2/h4-5,10-12,15,19H,2-3,6-9H2,1H3,(H,18,23)(H,21,24);1-2H3. The fraction of sp³-hybridized carbons (Fsp3) is 0.579. The highest BCUT2D eigenvalue weighted by molar-refractivity contribution is 5.96. The van der Waals surface area contributed by atoms with Crippen molar-refractivity contribution in [1.82, 2.24) is 20.9 Å². The summed E-state index contributed by atoms with van der Waals surface area (Å²) in [7, 11) is 1.49. The lowest BCUT2D eigenvalue weighted by molar-refractivity contribution is -0.122. The van der Waals surface area contributed by atoms with Crippen molar-refractivity contribution in [1.29, 1.82) is 0 Å². The molecule has 1 fully saturated rings. The Labute approximate surface area is 155 Å². The van der Waals surface area contributed by atoms with Crippen LogP contribution in [0.4, 0.5) is 0 Å². The zero-order valence-electron chi connectivity index (χ0n) is 15.9. The highest BCUT2D eigenvalue weighted by Crippen LogP contribution is 2.24. The molecule has 0 radical (unpaired) electrons. The average Bonchev–Trinajstić information content (AvgIpc) is 2.72. The van der Waals surface area contributed by atoms with Crippen molar-refractivity contribution in [2.75, 3.05) is 20.1 Å². The molecule has 2 rings (SSSR count). The van der Waals surface area contributed by atoms with E-state index in [9.17, 15) is 14.4 Å². The van der Waals surface area contributed by atoms with Crippen LogP contribution in [-0.4, -0.2) is 49.3 Å². The molecule has 1 aromatic heterocycles. The molecule has 1 aliphatic heterocycles. The highest BCUT2D eigenvalue weighted by Gasteiger charge is 2.21. The van der Waals surface area contributed by atoms with Gasteiger partial charge in [-0.3, -0.25) is 14.6 Å². The van der Waals surface area contributed by atoms with Gasteiger partial charge in [-0.15, -0.1) is 0 Å². The molecule has 26 heavy (non-hydrogen) atoms. The first kappa shape index (κ1) is 21.8. The van der Waals surface area contributed by atoms with E-state index in [0.29, 0.717) is 5.92 Å². The molecule has 7 heteroatoms. The molecule has 0 bridgehead atoms. The molecular weight excluding hydrogens is 332 g/mol. The number of aldehydes is 1. The molecule has 1 aliphatic rings. The topological polar surface area (TPSA) is 100 Å².